The van der Waals surface area contributed by atoms with E-state index in [1.807, 2.05) is 24.3 Å². The summed E-state index contributed by atoms with van der Waals surface area (Å²) in [6.45, 7) is 1.55. The molecule has 0 aliphatic rings. The van der Waals surface area contributed by atoms with Crippen LogP contribution in [0.1, 0.15) is 6.42 Å². The number of aromatic amines is 1. The van der Waals surface area contributed by atoms with Crippen molar-refractivity contribution in [1.29, 1.82) is 0 Å². The maximum absolute atomic E-state index is 5.47. The molecular formula is C12H15BrN4. The molecule has 1 aromatic carbocycles. The van der Waals surface area contributed by atoms with Crippen molar-refractivity contribution >= 4 is 21.6 Å². The molecule has 0 fully saturated rings. The first-order valence-electron chi connectivity index (χ1n) is 5.54. The number of nitrogens with zero attached hydrogens (tertiary/aromatic N) is 1. The topological polar surface area (TPSA) is 66.7 Å². The van der Waals surface area contributed by atoms with Crippen LogP contribution in [0, 0.1) is 0 Å². The lowest BCUT2D eigenvalue weighted by atomic mass is 10.1. The molecule has 5 heteroatoms. The third-order valence-corrected chi connectivity index (χ3v) is 3.00. The summed E-state index contributed by atoms with van der Waals surface area (Å²) in [6, 6.07) is 8.12. The smallest absolute Gasteiger partial charge is 0.0882 e. The van der Waals surface area contributed by atoms with Gasteiger partial charge in [0.05, 0.1) is 17.6 Å². The summed E-state index contributed by atoms with van der Waals surface area (Å²) < 4.78 is 1.07. The highest BCUT2D eigenvalue weighted by molar-refractivity contribution is 9.10. The molecule has 0 saturated heterocycles. The minimum Gasteiger partial charge on any atom is -0.382 e. The lowest BCUT2D eigenvalue weighted by Gasteiger charge is -2.06. The molecule has 90 valence electrons. The number of rotatable bonds is 5. The van der Waals surface area contributed by atoms with E-state index in [0.717, 1.165) is 34.4 Å². The van der Waals surface area contributed by atoms with E-state index in [2.05, 4.69) is 31.4 Å². The summed E-state index contributed by atoms with van der Waals surface area (Å²) in [4.78, 5) is 0. The van der Waals surface area contributed by atoms with Crippen LogP contribution in [0.15, 0.2) is 34.9 Å². The SMILES string of the molecule is NCCCNc1cn[nH]c1-c1ccc(Br)cc1. The Morgan fingerprint density at radius 1 is 1.29 bits per heavy atom. The summed E-state index contributed by atoms with van der Waals surface area (Å²) in [5.41, 5.74) is 8.60. The van der Waals surface area contributed by atoms with E-state index in [-0.39, 0.29) is 0 Å². The summed E-state index contributed by atoms with van der Waals surface area (Å²) in [5.74, 6) is 0. The molecule has 17 heavy (non-hydrogen) atoms. The predicted molar refractivity (Wildman–Crippen MR) is 73.9 cm³/mol. The van der Waals surface area contributed by atoms with Crippen LogP contribution in [0.25, 0.3) is 11.3 Å². The van der Waals surface area contributed by atoms with Crippen LogP contribution in [-0.4, -0.2) is 23.3 Å². The Hall–Kier alpha value is -1.33. The second-order valence-corrected chi connectivity index (χ2v) is 4.65. The average molecular weight is 295 g/mol. The van der Waals surface area contributed by atoms with Gasteiger partial charge in [0.1, 0.15) is 0 Å². The molecule has 0 unspecified atom stereocenters. The maximum Gasteiger partial charge on any atom is 0.0882 e. The second-order valence-electron chi connectivity index (χ2n) is 3.73. The van der Waals surface area contributed by atoms with Crippen molar-refractivity contribution in [2.24, 2.45) is 5.73 Å². The number of nitrogens with one attached hydrogen (secondary N) is 2. The number of hydrogen-bond donors (Lipinski definition) is 3. The Morgan fingerprint density at radius 2 is 2.06 bits per heavy atom. The monoisotopic (exact) mass is 294 g/mol. The molecule has 0 amide bonds. The third kappa shape index (κ3) is 3.08. The molecule has 2 rings (SSSR count). The molecule has 0 aliphatic carbocycles. The highest BCUT2D eigenvalue weighted by atomic mass is 79.9. The van der Waals surface area contributed by atoms with Crippen LogP contribution in [0.4, 0.5) is 5.69 Å². The van der Waals surface area contributed by atoms with Gasteiger partial charge in [0.2, 0.25) is 0 Å². The third-order valence-electron chi connectivity index (χ3n) is 2.47. The number of anilines is 1. The summed E-state index contributed by atoms with van der Waals surface area (Å²) in [6.07, 6.45) is 2.75. The van der Waals surface area contributed by atoms with Crippen LogP contribution >= 0.6 is 15.9 Å². The number of halogens is 1. The fraction of sp³-hybridized carbons (Fsp3) is 0.250. The van der Waals surface area contributed by atoms with Crippen molar-refractivity contribution < 1.29 is 0 Å². The van der Waals surface area contributed by atoms with E-state index in [1.165, 1.54) is 0 Å². The van der Waals surface area contributed by atoms with Crippen molar-refractivity contribution in [2.75, 3.05) is 18.4 Å². The van der Waals surface area contributed by atoms with Gasteiger partial charge in [0.15, 0.2) is 0 Å². The number of nitrogens with two attached hydrogens (primary N) is 1. The fourth-order valence-electron chi connectivity index (χ4n) is 1.58. The molecule has 0 spiro atoms. The Labute approximate surface area is 109 Å². The minimum absolute atomic E-state index is 0.693. The zero-order valence-electron chi connectivity index (χ0n) is 9.41. The molecule has 0 bridgehead atoms. The van der Waals surface area contributed by atoms with E-state index in [9.17, 15) is 0 Å². The summed E-state index contributed by atoms with van der Waals surface area (Å²) in [5, 5.41) is 10.4. The molecule has 0 atom stereocenters. The lowest BCUT2D eigenvalue weighted by molar-refractivity contribution is 0.875. The van der Waals surface area contributed by atoms with Gasteiger partial charge in [0.25, 0.3) is 0 Å². The first-order chi connectivity index (χ1) is 8.31. The van der Waals surface area contributed by atoms with Crippen molar-refractivity contribution in [3.63, 3.8) is 0 Å². The highest BCUT2D eigenvalue weighted by Crippen LogP contribution is 2.26. The zero-order chi connectivity index (χ0) is 12.1. The summed E-state index contributed by atoms with van der Waals surface area (Å²) in [7, 11) is 0. The molecule has 0 radical (unpaired) electrons. The molecular weight excluding hydrogens is 280 g/mol. The standard InChI is InChI=1S/C12H15BrN4/c13-10-4-2-9(3-5-10)12-11(8-16-17-12)15-7-1-6-14/h2-5,8,15H,1,6-7,14H2,(H,16,17). The summed E-state index contributed by atoms with van der Waals surface area (Å²) >= 11 is 3.42. The van der Waals surface area contributed by atoms with Crippen LogP contribution in [0.3, 0.4) is 0 Å². The van der Waals surface area contributed by atoms with Crippen LogP contribution < -0.4 is 11.1 Å². The van der Waals surface area contributed by atoms with E-state index < -0.39 is 0 Å². The van der Waals surface area contributed by atoms with E-state index in [4.69, 9.17) is 5.73 Å². The molecule has 1 heterocycles. The number of H-pyrrole nitrogens is 1. The molecule has 0 aliphatic heterocycles. The van der Waals surface area contributed by atoms with Crippen LogP contribution in [-0.2, 0) is 0 Å². The van der Waals surface area contributed by atoms with Gasteiger partial charge in [-0.2, -0.15) is 5.10 Å². The van der Waals surface area contributed by atoms with Gasteiger partial charge < -0.3 is 11.1 Å². The van der Waals surface area contributed by atoms with Gasteiger partial charge in [-0.15, -0.1) is 0 Å². The van der Waals surface area contributed by atoms with Gasteiger partial charge in [-0.05, 0) is 25.1 Å². The first kappa shape index (κ1) is 12.1. The van der Waals surface area contributed by atoms with Crippen molar-refractivity contribution in [1.82, 2.24) is 10.2 Å². The van der Waals surface area contributed by atoms with Crippen LogP contribution in [0.2, 0.25) is 0 Å². The normalized spacial score (nSPS) is 10.5. The van der Waals surface area contributed by atoms with Crippen molar-refractivity contribution in [3.8, 4) is 11.3 Å². The Kier molecular flexibility index (Phi) is 4.17. The van der Waals surface area contributed by atoms with Gasteiger partial charge >= 0.3 is 0 Å². The van der Waals surface area contributed by atoms with Crippen LogP contribution in [0.5, 0.6) is 0 Å². The number of hydrogen-bond acceptors (Lipinski definition) is 3. The van der Waals surface area contributed by atoms with Gasteiger partial charge in [-0.1, -0.05) is 28.1 Å². The van der Waals surface area contributed by atoms with Crippen molar-refractivity contribution in [2.45, 2.75) is 6.42 Å². The first-order valence-corrected chi connectivity index (χ1v) is 6.34. The minimum atomic E-state index is 0.693. The highest BCUT2D eigenvalue weighted by Gasteiger charge is 2.06. The van der Waals surface area contributed by atoms with Gasteiger partial charge in [0, 0.05) is 16.6 Å². The zero-order valence-corrected chi connectivity index (χ0v) is 11.0. The Balaban J connectivity index is 2.15. The molecule has 1 aromatic heterocycles. The second kappa shape index (κ2) is 5.84. The predicted octanol–water partition coefficient (Wildman–Crippen LogP) is 2.60. The molecule has 4 nitrogen and oxygen atoms in total. The number of aromatic nitrogens is 2. The molecule has 2 aromatic rings. The molecule has 0 saturated carbocycles. The quantitative estimate of drug-likeness (QED) is 0.743. The van der Waals surface area contributed by atoms with Gasteiger partial charge in [-0.25, -0.2) is 0 Å². The maximum atomic E-state index is 5.47. The molecule has 4 N–H and O–H groups in total. The average Bonchev–Trinajstić information content (AvgIpc) is 2.79. The van der Waals surface area contributed by atoms with E-state index in [1.54, 1.807) is 6.20 Å². The number of benzene rings is 1. The Bertz CT molecular complexity index is 464. The van der Waals surface area contributed by atoms with E-state index >= 15 is 0 Å². The largest absolute Gasteiger partial charge is 0.382 e. The van der Waals surface area contributed by atoms with Gasteiger partial charge in [-0.3, -0.25) is 5.10 Å². The van der Waals surface area contributed by atoms with E-state index in [0.29, 0.717) is 6.54 Å². The van der Waals surface area contributed by atoms with Crippen molar-refractivity contribution in [3.05, 3.63) is 34.9 Å². The lowest BCUT2D eigenvalue weighted by Crippen LogP contribution is -2.08. The fourth-order valence-corrected chi connectivity index (χ4v) is 1.85. The Morgan fingerprint density at radius 3 is 2.76 bits per heavy atom.